The quantitative estimate of drug-likeness (QED) is 0.375. The molecule has 0 unspecified atom stereocenters. The number of halogens is 1. The van der Waals surface area contributed by atoms with Crippen molar-refractivity contribution in [2.75, 3.05) is 0 Å². The summed E-state index contributed by atoms with van der Waals surface area (Å²) in [5.41, 5.74) is 5.57. The van der Waals surface area contributed by atoms with E-state index in [0.717, 1.165) is 22.0 Å². The summed E-state index contributed by atoms with van der Waals surface area (Å²) in [6.45, 7) is 7.83. The molecule has 0 atom stereocenters. The van der Waals surface area contributed by atoms with Crippen LogP contribution in [0.3, 0.4) is 0 Å². The topological polar surface area (TPSA) is 36.1 Å². The summed E-state index contributed by atoms with van der Waals surface area (Å²) < 4.78 is 14.4. The third-order valence-electron chi connectivity index (χ3n) is 5.88. The molecule has 0 radical (unpaired) electrons. The zero-order valence-corrected chi connectivity index (χ0v) is 18.9. The first-order valence-electron chi connectivity index (χ1n) is 11.1. The Labute approximate surface area is 188 Å². The van der Waals surface area contributed by atoms with E-state index >= 15 is 0 Å². The lowest BCUT2D eigenvalue weighted by molar-refractivity contribution is 0.243. The highest BCUT2D eigenvalue weighted by molar-refractivity contribution is 5.79. The van der Waals surface area contributed by atoms with Gasteiger partial charge in [-0.05, 0) is 53.1 Å². The summed E-state index contributed by atoms with van der Waals surface area (Å²) in [6.07, 6.45) is 0. The Kier molecular flexibility index (Phi) is 6.52. The average Bonchev–Trinajstić information content (AvgIpc) is 2.76. The Morgan fingerprint density at radius 2 is 1.59 bits per heavy atom. The molecule has 0 saturated heterocycles. The highest BCUT2D eigenvalue weighted by Crippen LogP contribution is 2.20. The molecule has 4 aromatic rings. The summed E-state index contributed by atoms with van der Waals surface area (Å²) in [7, 11) is 0. The average molecular weight is 429 g/mol. The van der Waals surface area contributed by atoms with E-state index in [1.807, 2.05) is 37.3 Å². The van der Waals surface area contributed by atoms with E-state index in [-0.39, 0.29) is 11.4 Å². The SMILES string of the molecule is Cc1ccc2cc(CN(Cc3ccc(C(C)C)cc3)Cc3ccccc3F)c(=O)[nH]c2c1. The summed E-state index contributed by atoms with van der Waals surface area (Å²) in [5, 5.41) is 0.998. The normalized spacial score (nSPS) is 11.6. The molecule has 0 aliphatic carbocycles. The fourth-order valence-corrected chi connectivity index (χ4v) is 4.02. The minimum atomic E-state index is -0.226. The number of aromatic nitrogens is 1. The lowest BCUT2D eigenvalue weighted by Crippen LogP contribution is -2.27. The van der Waals surface area contributed by atoms with Crippen molar-refractivity contribution < 1.29 is 4.39 Å². The summed E-state index contributed by atoms with van der Waals surface area (Å²) in [5.74, 6) is 0.244. The standard InChI is InChI=1S/C28H29FN2O/c1-19(2)22-12-9-21(10-13-22)16-31(17-24-6-4-5-7-26(24)29)18-25-15-23-11-8-20(3)14-27(23)30-28(25)32/h4-15,19H,16-18H2,1-3H3,(H,30,32). The largest absolute Gasteiger partial charge is 0.322 e. The molecule has 1 heterocycles. The lowest BCUT2D eigenvalue weighted by atomic mass is 10.0. The number of fused-ring (bicyclic) bond motifs is 1. The highest BCUT2D eigenvalue weighted by atomic mass is 19.1. The number of H-pyrrole nitrogens is 1. The van der Waals surface area contributed by atoms with Crippen molar-refractivity contribution in [3.8, 4) is 0 Å². The van der Waals surface area contributed by atoms with E-state index in [2.05, 4.69) is 48.0 Å². The molecule has 1 N–H and O–H groups in total. The molecule has 32 heavy (non-hydrogen) atoms. The summed E-state index contributed by atoms with van der Waals surface area (Å²) in [4.78, 5) is 17.9. The monoisotopic (exact) mass is 428 g/mol. The van der Waals surface area contributed by atoms with Crippen molar-refractivity contribution in [3.63, 3.8) is 0 Å². The Hall–Kier alpha value is -3.24. The Balaban J connectivity index is 1.64. The molecule has 1 aromatic heterocycles. The van der Waals surface area contributed by atoms with Gasteiger partial charge in [0, 0.05) is 36.3 Å². The van der Waals surface area contributed by atoms with E-state index in [1.54, 1.807) is 12.1 Å². The van der Waals surface area contributed by atoms with E-state index in [9.17, 15) is 9.18 Å². The van der Waals surface area contributed by atoms with Crippen molar-refractivity contribution in [2.24, 2.45) is 0 Å². The van der Waals surface area contributed by atoms with E-state index in [0.29, 0.717) is 36.7 Å². The predicted octanol–water partition coefficient (Wildman–Crippen LogP) is 6.30. The molecule has 0 saturated carbocycles. The minimum absolute atomic E-state index is 0.100. The van der Waals surface area contributed by atoms with Crippen LogP contribution in [0, 0.1) is 12.7 Å². The first-order chi connectivity index (χ1) is 15.4. The predicted molar refractivity (Wildman–Crippen MR) is 129 cm³/mol. The first-order valence-corrected chi connectivity index (χ1v) is 11.1. The van der Waals surface area contributed by atoms with Crippen LogP contribution in [0.25, 0.3) is 10.9 Å². The number of hydrogen-bond acceptors (Lipinski definition) is 2. The van der Waals surface area contributed by atoms with Crippen LogP contribution >= 0.6 is 0 Å². The smallest absolute Gasteiger partial charge is 0.252 e. The van der Waals surface area contributed by atoms with E-state index in [4.69, 9.17) is 0 Å². The van der Waals surface area contributed by atoms with E-state index < -0.39 is 0 Å². The number of benzene rings is 3. The van der Waals surface area contributed by atoms with Crippen LogP contribution in [-0.2, 0) is 19.6 Å². The Morgan fingerprint density at radius 1 is 0.875 bits per heavy atom. The third kappa shape index (κ3) is 5.14. The molecule has 4 rings (SSSR count). The van der Waals surface area contributed by atoms with Gasteiger partial charge in [-0.15, -0.1) is 0 Å². The fraction of sp³-hybridized carbons (Fsp3) is 0.250. The van der Waals surface area contributed by atoms with Crippen LogP contribution < -0.4 is 5.56 Å². The van der Waals surface area contributed by atoms with Crippen molar-refractivity contribution in [1.29, 1.82) is 0 Å². The van der Waals surface area contributed by atoms with Gasteiger partial charge in [0.2, 0.25) is 0 Å². The number of aryl methyl sites for hydroxylation is 1. The zero-order valence-electron chi connectivity index (χ0n) is 18.9. The third-order valence-corrected chi connectivity index (χ3v) is 5.88. The molecule has 4 heteroatoms. The van der Waals surface area contributed by atoms with Gasteiger partial charge in [-0.2, -0.15) is 0 Å². The second-order valence-electron chi connectivity index (χ2n) is 8.85. The number of hydrogen-bond donors (Lipinski definition) is 1. The fourth-order valence-electron chi connectivity index (χ4n) is 4.02. The Bertz CT molecular complexity index is 1270. The van der Waals surface area contributed by atoms with Gasteiger partial charge in [0.15, 0.2) is 0 Å². The van der Waals surface area contributed by atoms with Gasteiger partial charge in [-0.1, -0.05) is 68.4 Å². The number of rotatable bonds is 7. The van der Waals surface area contributed by atoms with Gasteiger partial charge >= 0.3 is 0 Å². The van der Waals surface area contributed by atoms with Gasteiger partial charge in [0.1, 0.15) is 5.82 Å². The van der Waals surface area contributed by atoms with Gasteiger partial charge in [-0.3, -0.25) is 9.69 Å². The molecular weight excluding hydrogens is 399 g/mol. The van der Waals surface area contributed by atoms with Crippen molar-refractivity contribution in [3.05, 3.63) is 117 Å². The number of nitrogens with one attached hydrogen (secondary N) is 1. The van der Waals surface area contributed by atoms with Crippen LogP contribution in [0.2, 0.25) is 0 Å². The summed E-state index contributed by atoms with van der Waals surface area (Å²) in [6, 6.07) is 23.4. The number of pyridine rings is 1. The lowest BCUT2D eigenvalue weighted by Gasteiger charge is -2.23. The van der Waals surface area contributed by atoms with Gasteiger partial charge in [0.05, 0.1) is 0 Å². The second-order valence-corrected chi connectivity index (χ2v) is 8.85. The molecule has 0 aliphatic rings. The maximum absolute atomic E-state index is 14.4. The molecule has 0 spiro atoms. The maximum atomic E-state index is 14.4. The Morgan fingerprint density at radius 3 is 2.31 bits per heavy atom. The van der Waals surface area contributed by atoms with Crippen molar-refractivity contribution in [1.82, 2.24) is 9.88 Å². The molecule has 0 fully saturated rings. The minimum Gasteiger partial charge on any atom is -0.322 e. The van der Waals surface area contributed by atoms with Crippen LogP contribution in [0.5, 0.6) is 0 Å². The maximum Gasteiger partial charge on any atom is 0.252 e. The van der Waals surface area contributed by atoms with Crippen molar-refractivity contribution in [2.45, 2.75) is 46.3 Å². The number of aromatic amines is 1. The summed E-state index contributed by atoms with van der Waals surface area (Å²) >= 11 is 0. The van der Waals surface area contributed by atoms with Gasteiger partial charge in [-0.25, -0.2) is 4.39 Å². The highest BCUT2D eigenvalue weighted by Gasteiger charge is 2.14. The van der Waals surface area contributed by atoms with Crippen LogP contribution in [0.4, 0.5) is 4.39 Å². The van der Waals surface area contributed by atoms with Crippen LogP contribution in [0.15, 0.2) is 77.6 Å². The molecule has 164 valence electrons. The molecule has 0 bridgehead atoms. The molecule has 0 aliphatic heterocycles. The van der Waals surface area contributed by atoms with Gasteiger partial charge < -0.3 is 4.98 Å². The van der Waals surface area contributed by atoms with Crippen LogP contribution in [-0.4, -0.2) is 9.88 Å². The van der Waals surface area contributed by atoms with E-state index in [1.165, 1.54) is 11.6 Å². The first kappa shape index (κ1) is 22.0. The zero-order chi connectivity index (χ0) is 22.7. The van der Waals surface area contributed by atoms with Crippen LogP contribution in [0.1, 0.15) is 47.6 Å². The number of nitrogens with zero attached hydrogens (tertiary/aromatic N) is 1. The molecular formula is C28H29FN2O. The van der Waals surface area contributed by atoms with Gasteiger partial charge in [0.25, 0.3) is 5.56 Å². The molecule has 0 amide bonds. The second kappa shape index (κ2) is 9.49. The van der Waals surface area contributed by atoms with Crippen molar-refractivity contribution >= 4 is 10.9 Å². The molecule has 3 nitrogen and oxygen atoms in total. The molecule has 3 aromatic carbocycles.